The number of hydrogen-bond donors (Lipinski definition) is 3. The van der Waals surface area contributed by atoms with Crippen LogP contribution < -0.4 is 16.4 Å². The maximum atomic E-state index is 5.73. The largest absolute Gasteiger partial charge is 0.394 e. The van der Waals surface area contributed by atoms with Gasteiger partial charge in [0.15, 0.2) is 5.82 Å². The highest BCUT2D eigenvalue weighted by atomic mass is 16.5. The summed E-state index contributed by atoms with van der Waals surface area (Å²) in [5.41, 5.74) is 6.27. The number of methoxy groups -OCH3 is 1. The number of hydrogen-bond acceptors (Lipinski definition) is 6. The van der Waals surface area contributed by atoms with Gasteiger partial charge in [-0.2, -0.15) is 4.98 Å². The van der Waals surface area contributed by atoms with Crippen LogP contribution in [0.5, 0.6) is 0 Å². The number of anilines is 3. The fraction of sp³-hybridized carbons (Fsp3) is 0.600. The molecule has 6 heteroatoms. The molecule has 0 saturated carbocycles. The van der Waals surface area contributed by atoms with Gasteiger partial charge in [-0.1, -0.05) is 0 Å². The van der Waals surface area contributed by atoms with Crippen LogP contribution in [0.25, 0.3) is 0 Å². The third-order valence-electron chi connectivity index (χ3n) is 1.95. The SMILES string of the molecule is CCNc1nc(N[C@@H](C)COC)ncc1N. The lowest BCUT2D eigenvalue weighted by Gasteiger charge is -2.14. The van der Waals surface area contributed by atoms with Crippen molar-refractivity contribution in [3.05, 3.63) is 6.20 Å². The van der Waals surface area contributed by atoms with Gasteiger partial charge in [-0.15, -0.1) is 0 Å². The first-order valence-electron chi connectivity index (χ1n) is 5.29. The van der Waals surface area contributed by atoms with Crippen molar-refractivity contribution in [1.29, 1.82) is 0 Å². The van der Waals surface area contributed by atoms with E-state index in [-0.39, 0.29) is 6.04 Å². The number of nitrogen functional groups attached to an aromatic ring is 1. The normalized spacial score (nSPS) is 12.2. The van der Waals surface area contributed by atoms with Gasteiger partial charge < -0.3 is 21.1 Å². The van der Waals surface area contributed by atoms with Crippen LogP contribution >= 0.6 is 0 Å². The van der Waals surface area contributed by atoms with E-state index >= 15 is 0 Å². The van der Waals surface area contributed by atoms with Crippen LogP contribution in [0.15, 0.2) is 6.20 Å². The zero-order chi connectivity index (χ0) is 12.0. The molecule has 16 heavy (non-hydrogen) atoms. The van der Waals surface area contributed by atoms with Gasteiger partial charge in [-0.3, -0.25) is 0 Å². The molecule has 1 atom stereocenters. The lowest BCUT2D eigenvalue weighted by molar-refractivity contribution is 0.190. The molecule has 0 spiro atoms. The average Bonchev–Trinajstić information content (AvgIpc) is 2.24. The van der Waals surface area contributed by atoms with Crippen molar-refractivity contribution in [3.63, 3.8) is 0 Å². The van der Waals surface area contributed by atoms with E-state index in [0.717, 1.165) is 6.54 Å². The van der Waals surface area contributed by atoms with E-state index in [1.807, 2.05) is 13.8 Å². The summed E-state index contributed by atoms with van der Waals surface area (Å²) < 4.78 is 5.02. The van der Waals surface area contributed by atoms with Crippen molar-refractivity contribution >= 4 is 17.5 Å². The van der Waals surface area contributed by atoms with E-state index in [9.17, 15) is 0 Å². The van der Waals surface area contributed by atoms with Gasteiger partial charge in [-0.05, 0) is 13.8 Å². The second-order valence-electron chi connectivity index (χ2n) is 3.53. The first kappa shape index (κ1) is 12.5. The Morgan fingerprint density at radius 3 is 2.94 bits per heavy atom. The molecule has 0 aliphatic heterocycles. The average molecular weight is 225 g/mol. The summed E-state index contributed by atoms with van der Waals surface area (Å²) in [6.45, 7) is 5.36. The Morgan fingerprint density at radius 1 is 1.56 bits per heavy atom. The maximum absolute atomic E-state index is 5.73. The highest BCUT2D eigenvalue weighted by Gasteiger charge is 2.06. The Bertz CT molecular complexity index is 331. The van der Waals surface area contributed by atoms with Crippen LogP contribution in [-0.4, -0.2) is 36.3 Å². The fourth-order valence-electron chi connectivity index (χ4n) is 1.28. The number of aromatic nitrogens is 2. The number of nitrogens with zero attached hydrogens (tertiary/aromatic N) is 2. The molecule has 0 amide bonds. The third kappa shape index (κ3) is 3.54. The monoisotopic (exact) mass is 225 g/mol. The summed E-state index contributed by atoms with van der Waals surface area (Å²) in [5.74, 6) is 1.21. The summed E-state index contributed by atoms with van der Waals surface area (Å²) in [5, 5.41) is 6.20. The zero-order valence-electron chi connectivity index (χ0n) is 9.95. The Hall–Kier alpha value is -1.56. The quantitative estimate of drug-likeness (QED) is 0.668. The molecule has 4 N–H and O–H groups in total. The predicted octanol–water partition coefficient (Wildman–Crippen LogP) is 0.937. The summed E-state index contributed by atoms with van der Waals surface area (Å²) >= 11 is 0. The van der Waals surface area contributed by atoms with Crippen LogP contribution in [0.1, 0.15) is 13.8 Å². The summed E-state index contributed by atoms with van der Waals surface area (Å²) in [6, 6.07) is 0.156. The van der Waals surface area contributed by atoms with Crippen LogP contribution in [0, 0.1) is 0 Å². The molecule has 0 fully saturated rings. The first-order chi connectivity index (χ1) is 7.67. The molecule has 90 valence electrons. The molecule has 1 heterocycles. The van der Waals surface area contributed by atoms with Gasteiger partial charge in [0.25, 0.3) is 0 Å². The smallest absolute Gasteiger partial charge is 0.225 e. The van der Waals surface area contributed by atoms with Crippen molar-refractivity contribution in [2.24, 2.45) is 0 Å². The molecular formula is C10H19N5O. The lowest BCUT2D eigenvalue weighted by atomic mass is 10.4. The van der Waals surface area contributed by atoms with Gasteiger partial charge in [0.1, 0.15) is 0 Å². The standard InChI is InChI=1S/C10H19N5O/c1-4-12-9-8(11)5-13-10(15-9)14-7(2)6-16-3/h5,7H,4,6,11H2,1-3H3,(H2,12,13,14,15)/t7-/m0/s1. The summed E-state index contributed by atoms with van der Waals surface area (Å²) in [4.78, 5) is 8.37. The Kier molecular flexibility index (Phi) is 4.78. The number of nitrogens with one attached hydrogen (secondary N) is 2. The predicted molar refractivity (Wildman–Crippen MR) is 65.6 cm³/mol. The van der Waals surface area contributed by atoms with Crippen molar-refractivity contribution < 1.29 is 4.74 Å². The molecule has 0 radical (unpaired) electrons. The molecule has 0 aliphatic carbocycles. The Balaban J connectivity index is 2.70. The first-order valence-corrected chi connectivity index (χ1v) is 5.29. The van der Waals surface area contributed by atoms with Gasteiger partial charge >= 0.3 is 0 Å². The number of ether oxygens (including phenoxy) is 1. The lowest BCUT2D eigenvalue weighted by Crippen LogP contribution is -2.22. The Morgan fingerprint density at radius 2 is 2.31 bits per heavy atom. The molecule has 6 nitrogen and oxygen atoms in total. The minimum atomic E-state index is 0.156. The fourth-order valence-corrected chi connectivity index (χ4v) is 1.28. The molecule has 0 unspecified atom stereocenters. The second kappa shape index (κ2) is 6.12. The topological polar surface area (TPSA) is 85.1 Å². The van der Waals surface area contributed by atoms with E-state index in [0.29, 0.717) is 24.1 Å². The number of nitrogens with two attached hydrogens (primary N) is 1. The van der Waals surface area contributed by atoms with Gasteiger partial charge in [0, 0.05) is 19.7 Å². The molecule has 0 aliphatic rings. The Labute approximate surface area is 95.6 Å². The molecule has 0 saturated heterocycles. The molecule has 1 rings (SSSR count). The molecule has 1 aromatic heterocycles. The summed E-state index contributed by atoms with van der Waals surface area (Å²) in [7, 11) is 1.66. The number of rotatable bonds is 6. The zero-order valence-corrected chi connectivity index (χ0v) is 9.95. The molecule has 0 bridgehead atoms. The molecular weight excluding hydrogens is 206 g/mol. The minimum absolute atomic E-state index is 0.156. The van der Waals surface area contributed by atoms with Crippen molar-refractivity contribution in [3.8, 4) is 0 Å². The third-order valence-corrected chi connectivity index (χ3v) is 1.95. The van der Waals surface area contributed by atoms with Gasteiger partial charge in [-0.25, -0.2) is 4.98 Å². The van der Waals surface area contributed by atoms with E-state index in [2.05, 4.69) is 20.6 Å². The molecule has 0 aromatic carbocycles. The highest BCUT2D eigenvalue weighted by molar-refractivity contribution is 5.61. The van der Waals surface area contributed by atoms with Crippen LogP contribution in [-0.2, 0) is 4.74 Å². The van der Waals surface area contributed by atoms with Crippen LogP contribution in [0.4, 0.5) is 17.5 Å². The van der Waals surface area contributed by atoms with E-state index in [1.165, 1.54) is 0 Å². The van der Waals surface area contributed by atoms with Crippen LogP contribution in [0.2, 0.25) is 0 Å². The van der Waals surface area contributed by atoms with Gasteiger partial charge in [0.2, 0.25) is 5.95 Å². The van der Waals surface area contributed by atoms with Crippen molar-refractivity contribution in [2.45, 2.75) is 19.9 Å². The van der Waals surface area contributed by atoms with E-state index in [4.69, 9.17) is 10.5 Å². The maximum Gasteiger partial charge on any atom is 0.225 e. The highest BCUT2D eigenvalue weighted by Crippen LogP contribution is 2.15. The van der Waals surface area contributed by atoms with Gasteiger partial charge in [0.05, 0.1) is 18.5 Å². The van der Waals surface area contributed by atoms with E-state index < -0.39 is 0 Å². The minimum Gasteiger partial charge on any atom is -0.394 e. The summed E-state index contributed by atoms with van der Waals surface area (Å²) in [6.07, 6.45) is 1.59. The van der Waals surface area contributed by atoms with E-state index in [1.54, 1.807) is 13.3 Å². The second-order valence-corrected chi connectivity index (χ2v) is 3.53. The molecule has 1 aromatic rings. The van der Waals surface area contributed by atoms with Crippen molar-refractivity contribution in [1.82, 2.24) is 9.97 Å². The van der Waals surface area contributed by atoms with Crippen molar-refractivity contribution in [2.75, 3.05) is 36.6 Å². The van der Waals surface area contributed by atoms with Crippen LogP contribution in [0.3, 0.4) is 0 Å².